The number of hydrogen-bond donors (Lipinski definition) is 0. The molecule has 0 aliphatic rings. The average Bonchev–Trinajstić information content (AvgIpc) is 2.56. The molecule has 0 amide bonds. The molecule has 0 atom stereocenters. The van der Waals surface area contributed by atoms with E-state index in [-0.39, 0.29) is 0 Å². The fraction of sp³-hybridized carbons (Fsp3) is 0.158. The predicted molar refractivity (Wildman–Crippen MR) is 85.4 cm³/mol. The monoisotopic (exact) mass is 278 g/mol. The molecule has 21 heavy (non-hydrogen) atoms. The van der Waals surface area contributed by atoms with Crippen molar-refractivity contribution >= 4 is 10.8 Å². The van der Waals surface area contributed by atoms with Crippen molar-refractivity contribution in [3.8, 4) is 5.75 Å². The van der Waals surface area contributed by atoms with Gasteiger partial charge < -0.3 is 9.47 Å². The first-order valence-electron chi connectivity index (χ1n) is 7.04. The lowest BCUT2D eigenvalue weighted by Gasteiger charge is -2.08. The van der Waals surface area contributed by atoms with Gasteiger partial charge in [0.1, 0.15) is 5.75 Å². The lowest BCUT2D eigenvalue weighted by molar-refractivity contribution is 0.108. The van der Waals surface area contributed by atoms with Crippen LogP contribution in [0, 0.1) is 0 Å². The molecule has 0 spiro atoms. The Bertz CT molecular complexity index is 712. The molecule has 0 aliphatic heterocycles. The lowest BCUT2D eigenvalue weighted by atomic mass is 10.1. The third-order valence-electron chi connectivity index (χ3n) is 3.57. The Morgan fingerprint density at radius 3 is 2.33 bits per heavy atom. The second-order valence-corrected chi connectivity index (χ2v) is 4.98. The topological polar surface area (TPSA) is 18.5 Å². The van der Waals surface area contributed by atoms with Crippen LogP contribution in [0.5, 0.6) is 5.75 Å². The van der Waals surface area contributed by atoms with Crippen LogP contribution in [0.15, 0.2) is 66.7 Å². The molecule has 0 bridgehead atoms. The zero-order chi connectivity index (χ0) is 14.5. The molecule has 0 fully saturated rings. The Kier molecular flexibility index (Phi) is 4.17. The SMILES string of the molecule is COc1ccc(COCc2cccc3ccccc23)cc1. The van der Waals surface area contributed by atoms with Crippen molar-refractivity contribution in [2.45, 2.75) is 13.2 Å². The maximum Gasteiger partial charge on any atom is 0.118 e. The van der Waals surface area contributed by atoms with E-state index < -0.39 is 0 Å². The average molecular weight is 278 g/mol. The molecule has 0 N–H and O–H groups in total. The van der Waals surface area contributed by atoms with Gasteiger partial charge in [-0.2, -0.15) is 0 Å². The molecule has 0 radical (unpaired) electrons. The minimum Gasteiger partial charge on any atom is -0.497 e. The minimum atomic E-state index is 0.604. The van der Waals surface area contributed by atoms with Crippen molar-refractivity contribution in [1.29, 1.82) is 0 Å². The van der Waals surface area contributed by atoms with Crippen LogP contribution in [-0.2, 0) is 18.0 Å². The summed E-state index contributed by atoms with van der Waals surface area (Å²) in [6, 6.07) is 22.7. The summed E-state index contributed by atoms with van der Waals surface area (Å²) in [6.45, 7) is 1.22. The minimum absolute atomic E-state index is 0.604. The Morgan fingerprint density at radius 2 is 1.52 bits per heavy atom. The largest absolute Gasteiger partial charge is 0.497 e. The molecule has 0 aromatic heterocycles. The maximum absolute atomic E-state index is 5.85. The molecule has 2 heteroatoms. The van der Waals surface area contributed by atoms with E-state index in [2.05, 4.69) is 42.5 Å². The number of ether oxygens (including phenoxy) is 2. The Morgan fingerprint density at radius 1 is 0.762 bits per heavy atom. The fourth-order valence-corrected chi connectivity index (χ4v) is 2.42. The molecule has 3 aromatic carbocycles. The van der Waals surface area contributed by atoms with E-state index in [4.69, 9.17) is 9.47 Å². The van der Waals surface area contributed by atoms with Gasteiger partial charge in [-0.3, -0.25) is 0 Å². The second-order valence-electron chi connectivity index (χ2n) is 4.98. The van der Waals surface area contributed by atoms with Gasteiger partial charge in [0.2, 0.25) is 0 Å². The highest BCUT2D eigenvalue weighted by molar-refractivity contribution is 5.85. The molecule has 0 heterocycles. The Hall–Kier alpha value is -2.32. The first-order valence-corrected chi connectivity index (χ1v) is 7.04. The quantitative estimate of drug-likeness (QED) is 0.681. The zero-order valence-corrected chi connectivity index (χ0v) is 12.1. The standard InChI is InChI=1S/C19H18O2/c1-20-18-11-9-15(10-12-18)13-21-14-17-7-4-6-16-5-2-3-8-19(16)17/h2-12H,13-14H2,1H3. The van der Waals surface area contributed by atoms with E-state index in [0.717, 1.165) is 11.3 Å². The molecule has 0 aliphatic carbocycles. The highest BCUT2D eigenvalue weighted by Crippen LogP contribution is 2.20. The third kappa shape index (κ3) is 3.23. The molecule has 0 saturated carbocycles. The summed E-state index contributed by atoms with van der Waals surface area (Å²) in [5, 5.41) is 2.51. The number of hydrogen-bond acceptors (Lipinski definition) is 2. The van der Waals surface area contributed by atoms with Crippen LogP contribution in [0.4, 0.5) is 0 Å². The predicted octanol–water partition coefficient (Wildman–Crippen LogP) is 4.57. The van der Waals surface area contributed by atoms with Crippen LogP contribution in [0.3, 0.4) is 0 Å². The molecular formula is C19H18O2. The summed E-state index contributed by atoms with van der Waals surface area (Å²) in [6.07, 6.45) is 0. The van der Waals surface area contributed by atoms with Gasteiger partial charge in [0, 0.05) is 0 Å². The highest BCUT2D eigenvalue weighted by atomic mass is 16.5. The summed E-state index contributed by atoms with van der Waals surface area (Å²) in [5.41, 5.74) is 2.37. The van der Waals surface area contributed by atoms with Gasteiger partial charge in [-0.1, -0.05) is 54.6 Å². The highest BCUT2D eigenvalue weighted by Gasteiger charge is 2.01. The zero-order valence-electron chi connectivity index (χ0n) is 12.1. The molecular weight excluding hydrogens is 260 g/mol. The fourth-order valence-electron chi connectivity index (χ4n) is 2.42. The van der Waals surface area contributed by atoms with Crippen molar-refractivity contribution < 1.29 is 9.47 Å². The Balaban J connectivity index is 1.66. The third-order valence-corrected chi connectivity index (χ3v) is 3.57. The van der Waals surface area contributed by atoms with Crippen molar-refractivity contribution in [2.75, 3.05) is 7.11 Å². The van der Waals surface area contributed by atoms with E-state index in [0.29, 0.717) is 13.2 Å². The van der Waals surface area contributed by atoms with Gasteiger partial charge in [-0.25, -0.2) is 0 Å². The summed E-state index contributed by atoms with van der Waals surface area (Å²) < 4.78 is 11.0. The summed E-state index contributed by atoms with van der Waals surface area (Å²) in [4.78, 5) is 0. The lowest BCUT2D eigenvalue weighted by Crippen LogP contribution is -1.95. The number of rotatable bonds is 5. The van der Waals surface area contributed by atoms with E-state index in [9.17, 15) is 0 Å². The van der Waals surface area contributed by atoms with Gasteiger partial charge in [0.15, 0.2) is 0 Å². The van der Waals surface area contributed by atoms with Crippen LogP contribution in [0.25, 0.3) is 10.8 Å². The van der Waals surface area contributed by atoms with Crippen molar-refractivity contribution in [2.24, 2.45) is 0 Å². The summed E-state index contributed by atoms with van der Waals surface area (Å²) >= 11 is 0. The van der Waals surface area contributed by atoms with Crippen molar-refractivity contribution in [3.05, 3.63) is 77.9 Å². The first kappa shape index (κ1) is 13.7. The van der Waals surface area contributed by atoms with Gasteiger partial charge >= 0.3 is 0 Å². The smallest absolute Gasteiger partial charge is 0.118 e. The summed E-state index contributed by atoms with van der Waals surface area (Å²) in [5.74, 6) is 0.868. The van der Waals surface area contributed by atoms with Crippen molar-refractivity contribution in [3.63, 3.8) is 0 Å². The van der Waals surface area contributed by atoms with E-state index >= 15 is 0 Å². The van der Waals surface area contributed by atoms with Crippen LogP contribution in [-0.4, -0.2) is 7.11 Å². The van der Waals surface area contributed by atoms with Gasteiger partial charge in [0.25, 0.3) is 0 Å². The van der Waals surface area contributed by atoms with Crippen molar-refractivity contribution in [1.82, 2.24) is 0 Å². The maximum atomic E-state index is 5.85. The number of methoxy groups -OCH3 is 1. The first-order chi connectivity index (χ1) is 10.4. The Labute approximate surface area is 124 Å². The molecule has 3 aromatic rings. The normalized spacial score (nSPS) is 10.7. The number of fused-ring (bicyclic) bond motifs is 1. The second kappa shape index (κ2) is 6.42. The van der Waals surface area contributed by atoms with Gasteiger partial charge in [-0.05, 0) is 34.0 Å². The van der Waals surface area contributed by atoms with E-state index in [1.54, 1.807) is 7.11 Å². The van der Waals surface area contributed by atoms with Gasteiger partial charge in [-0.15, -0.1) is 0 Å². The van der Waals surface area contributed by atoms with Crippen LogP contribution < -0.4 is 4.74 Å². The van der Waals surface area contributed by atoms with Gasteiger partial charge in [0.05, 0.1) is 20.3 Å². The molecule has 0 saturated heterocycles. The molecule has 106 valence electrons. The molecule has 3 rings (SSSR count). The van der Waals surface area contributed by atoms with Crippen LogP contribution in [0.2, 0.25) is 0 Å². The van der Waals surface area contributed by atoms with E-state index in [1.807, 2.05) is 24.3 Å². The molecule has 0 unspecified atom stereocenters. The summed E-state index contributed by atoms with van der Waals surface area (Å²) in [7, 11) is 1.67. The molecule has 2 nitrogen and oxygen atoms in total. The van der Waals surface area contributed by atoms with Crippen LogP contribution in [0.1, 0.15) is 11.1 Å². The number of benzene rings is 3. The van der Waals surface area contributed by atoms with E-state index in [1.165, 1.54) is 16.3 Å². The van der Waals surface area contributed by atoms with Crippen LogP contribution >= 0.6 is 0 Å².